The van der Waals surface area contributed by atoms with Gasteiger partial charge in [-0.15, -0.1) is 13.2 Å². The highest BCUT2D eigenvalue weighted by molar-refractivity contribution is 6.30. The molecule has 14 heteroatoms. The number of carboxylic acids is 1. The lowest BCUT2D eigenvalue weighted by Crippen LogP contribution is -2.42. The SMILES string of the molecule is O=C(NC(Cc1ccc(-c2ccc(OC(F)(F)F)cc2)cc1)C(=O)O)c1cnn(-c2ccc(Cl)cc2)c1C(F)(F)F. The normalized spacial score (nSPS) is 12.6. The van der Waals surface area contributed by atoms with Crippen molar-refractivity contribution in [1.29, 1.82) is 0 Å². The first-order valence-electron chi connectivity index (χ1n) is 11.6. The number of rotatable bonds is 8. The van der Waals surface area contributed by atoms with E-state index in [0.717, 1.165) is 12.1 Å². The number of alkyl halides is 6. The van der Waals surface area contributed by atoms with Crippen LogP contribution in [0.25, 0.3) is 16.8 Å². The zero-order valence-corrected chi connectivity index (χ0v) is 21.3. The van der Waals surface area contributed by atoms with E-state index in [4.69, 9.17) is 11.6 Å². The average molecular weight is 598 g/mol. The van der Waals surface area contributed by atoms with Crippen molar-refractivity contribution in [3.8, 4) is 22.6 Å². The molecule has 1 unspecified atom stereocenters. The van der Waals surface area contributed by atoms with Crippen LogP contribution in [-0.4, -0.2) is 39.2 Å². The Kier molecular flexibility index (Phi) is 8.29. The second-order valence-electron chi connectivity index (χ2n) is 8.63. The number of halogens is 7. The summed E-state index contributed by atoms with van der Waals surface area (Å²) < 4.78 is 83.2. The maximum Gasteiger partial charge on any atom is 0.573 e. The molecule has 0 spiro atoms. The first-order chi connectivity index (χ1) is 19.2. The monoisotopic (exact) mass is 597 g/mol. The fourth-order valence-electron chi connectivity index (χ4n) is 3.92. The second-order valence-corrected chi connectivity index (χ2v) is 9.07. The number of amides is 1. The molecule has 1 aromatic heterocycles. The van der Waals surface area contributed by atoms with E-state index in [9.17, 15) is 41.0 Å². The number of ether oxygens (including phenoxy) is 1. The van der Waals surface area contributed by atoms with Crippen LogP contribution in [0.5, 0.6) is 5.75 Å². The molecule has 0 radical (unpaired) electrons. The summed E-state index contributed by atoms with van der Waals surface area (Å²) in [6, 6.07) is 14.9. The van der Waals surface area contributed by atoms with E-state index in [0.29, 0.717) is 27.6 Å². The Morgan fingerprint density at radius 1 is 0.902 bits per heavy atom. The Bertz CT molecular complexity index is 1530. The maximum absolute atomic E-state index is 13.9. The second kappa shape index (κ2) is 11.5. The van der Waals surface area contributed by atoms with Gasteiger partial charge in [-0.1, -0.05) is 48.0 Å². The largest absolute Gasteiger partial charge is 0.573 e. The molecule has 0 saturated carbocycles. The van der Waals surface area contributed by atoms with Gasteiger partial charge in [0.25, 0.3) is 5.91 Å². The van der Waals surface area contributed by atoms with Crippen LogP contribution in [0.15, 0.2) is 79.0 Å². The summed E-state index contributed by atoms with van der Waals surface area (Å²) in [6.45, 7) is 0. The molecule has 0 aliphatic rings. The first-order valence-corrected chi connectivity index (χ1v) is 12.0. The minimum absolute atomic E-state index is 0.0156. The molecule has 41 heavy (non-hydrogen) atoms. The number of hydrogen-bond donors (Lipinski definition) is 2. The molecular formula is C27H18ClF6N3O4. The van der Waals surface area contributed by atoms with Crippen molar-refractivity contribution in [3.63, 3.8) is 0 Å². The molecule has 0 bridgehead atoms. The number of benzene rings is 3. The van der Waals surface area contributed by atoms with Crippen molar-refractivity contribution in [2.45, 2.75) is 25.0 Å². The molecule has 1 heterocycles. The van der Waals surface area contributed by atoms with Crippen molar-refractivity contribution < 1.29 is 45.8 Å². The van der Waals surface area contributed by atoms with Gasteiger partial charge >= 0.3 is 18.5 Å². The first kappa shape index (κ1) is 29.5. The van der Waals surface area contributed by atoms with E-state index in [2.05, 4.69) is 15.2 Å². The van der Waals surface area contributed by atoms with Crippen LogP contribution in [0.1, 0.15) is 21.6 Å². The van der Waals surface area contributed by atoms with Crippen molar-refractivity contribution in [3.05, 3.63) is 101 Å². The fraction of sp³-hybridized carbons (Fsp3) is 0.148. The molecule has 1 atom stereocenters. The van der Waals surface area contributed by atoms with E-state index in [1.54, 1.807) is 12.1 Å². The van der Waals surface area contributed by atoms with Crippen molar-refractivity contribution >= 4 is 23.5 Å². The number of nitrogens with one attached hydrogen (secondary N) is 1. The molecule has 0 fully saturated rings. The lowest BCUT2D eigenvalue weighted by molar-refractivity contribution is -0.274. The molecule has 0 aliphatic carbocycles. The molecule has 4 aromatic rings. The standard InChI is InChI=1S/C27H18ClF6N3O4/c28-18-7-9-19(10-8-18)37-23(26(29,30)31)21(14-35-37)24(38)36-22(25(39)40)13-15-1-3-16(4-2-15)17-5-11-20(12-6-17)41-27(32,33)34/h1-12,14,22H,13H2,(H,36,38)(H,39,40). The Morgan fingerprint density at radius 3 is 1.98 bits per heavy atom. The maximum atomic E-state index is 13.9. The summed E-state index contributed by atoms with van der Waals surface area (Å²) >= 11 is 5.79. The van der Waals surface area contributed by atoms with Gasteiger partial charge in [-0.3, -0.25) is 4.79 Å². The highest BCUT2D eigenvalue weighted by Crippen LogP contribution is 2.34. The number of aromatic nitrogens is 2. The van der Waals surface area contributed by atoms with Crippen LogP contribution in [-0.2, 0) is 17.4 Å². The number of carbonyl (C=O) groups is 2. The van der Waals surface area contributed by atoms with Gasteiger partial charge in [-0.2, -0.15) is 18.3 Å². The van der Waals surface area contributed by atoms with E-state index < -0.39 is 47.5 Å². The molecule has 1 amide bonds. The molecule has 214 valence electrons. The number of hydrogen-bond acceptors (Lipinski definition) is 4. The molecular weight excluding hydrogens is 580 g/mol. The molecule has 3 aromatic carbocycles. The summed E-state index contributed by atoms with van der Waals surface area (Å²) in [4.78, 5) is 24.7. The summed E-state index contributed by atoms with van der Waals surface area (Å²) in [7, 11) is 0. The van der Waals surface area contributed by atoms with E-state index in [1.165, 1.54) is 48.5 Å². The third-order valence-electron chi connectivity index (χ3n) is 5.77. The topological polar surface area (TPSA) is 93.4 Å². The average Bonchev–Trinajstić information content (AvgIpc) is 3.35. The number of carbonyl (C=O) groups excluding carboxylic acids is 1. The predicted molar refractivity (Wildman–Crippen MR) is 135 cm³/mol. The molecule has 4 rings (SSSR count). The molecule has 2 N–H and O–H groups in total. The summed E-state index contributed by atoms with van der Waals surface area (Å²) in [5, 5.41) is 15.7. The van der Waals surface area contributed by atoms with E-state index >= 15 is 0 Å². The van der Waals surface area contributed by atoms with Crippen molar-refractivity contribution in [1.82, 2.24) is 15.1 Å². The Morgan fingerprint density at radius 2 is 1.46 bits per heavy atom. The minimum Gasteiger partial charge on any atom is -0.480 e. The Hall–Kier alpha value is -4.52. The zero-order valence-electron chi connectivity index (χ0n) is 20.5. The van der Waals surface area contributed by atoms with Gasteiger partial charge in [-0.25, -0.2) is 9.48 Å². The zero-order chi connectivity index (χ0) is 29.9. The van der Waals surface area contributed by atoms with Gasteiger partial charge in [0.05, 0.1) is 17.4 Å². The Balaban J connectivity index is 1.50. The Labute approximate surface area is 232 Å². The lowest BCUT2D eigenvalue weighted by Gasteiger charge is -2.16. The van der Waals surface area contributed by atoms with Crippen LogP contribution in [0.4, 0.5) is 26.3 Å². The highest BCUT2D eigenvalue weighted by atomic mass is 35.5. The van der Waals surface area contributed by atoms with Crippen molar-refractivity contribution in [2.24, 2.45) is 0 Å². The van der Waals surface area contributed by atoms with Crippen LogP contribution >= 0.6 is 11.6 Å². The van der Waals surface area contributed by atoms with E-state index in [-0.39, 0.29) is 17.1 Å². The van der Waals surface area contributed by atoms with Crippen LogP contribution in [0.2, 0.25) is 5.02 Å². The van der Waals surface area contributed by atoms with Gasteiger partial charge in [0.15, 0.2) is 5.69 Å². The highest BCUT2D eigenvalue weighted by Gasteiger charge is 2.41. The van der Waals surface area contributed by atoms with Crippen LogP contribution in [0.3, 0.4) is 0 Å². The molecule has 0 aliphatic heterocycles. The van der Waals surface area contributed by atoms with Crippen LogP contribution < -0.4 is 10.1 Å². The summed E-state index contributed by atoms with van der Waals surface area (Å²) in [5.41, 5.74) is -0.715. The predicted octanol–water partition coefficient (Wildman–Crippen LogP) is 6.54. The lowest BCUT2D eigenvalue weighted by atomic mass is 10.0. The van der Waals surface area contributed by atoms with Crippen LogP contribution in [0, 0.1) is 0 Å². The van der Waals surface area contributed by atoms with Gasteiger partial charge in [0.2, 0.25) is 0 Å². The number of aliphatic carboxylic acids is 1. The third kappa shape index (κ3) is 7.37. The summed E-state index contributed by atoms with van der Waals surface area (Å²) in [6.07, 6.45) is -9.41. The summed E-state index contributed by atoms with van der Waals surface area (Å²) in [5.74, 6) is -3.17. The third-order valence-corrected chi connectivity index (χ3v) is 6.02. The van der Waals surface area contributed by atoms with Gasteiger partial charge < -0.3 is 15.2 Å². The quantitative estimate of drug-likeness (QED) is 0.225. The number of nitrogens with zero attached hydrogens (tertiary/aromatic N) is 2. The fourth-order valence-corrected chi connectivity index (χ4v) is 4.05. The van der Waals surface area contributed by atoms with Gasteiger partial charge in [0.1, 0.15) is 11.8 Å². The minimum atomic E-state index is -5.01. The van der Waals surface area contributed by atoms with Crippen molar-refractivity contribution in [2.75, 3.05) is 0 Å². The molecule has 0 saturated heterocycles. The smallest absolute Gasteiger partial charge is 0.480 e. The van der Waals surface area contributed by atoms with Gasteiger partial charge in [0, 0.05) is 11.4 Å². The van der Waals surface area contributed by atoms with E-state index in [1.807, 2.05) is 0 Å². The number of carboxylic acid groups (broad SMARTS) is 1. The van der Waals surface area contributed by atoms with Gasteiger partial charge in [-0.05, 0) is 53.1 Å². The molecule has 7 nitrogen and oxygen atoms in total.